The molecule has 8 heteroatoms. The minimum Gasteiger partial charge on any atom is -0.390 e. The highest BCUT2D eigenvalue weighted by atomic mass is 79.9. The molecule has 0 spiro atoms. The van der Waals surface area contributed by atoms with Crippen LogP contribution < -0.4 is 10.7 Å². The van der Waals surface area contributed by atoms with Crippen LogP contribution in [0.3, 0.4) is 0 Å². The van der Waals surface area contributed by atoms with E-state index in [0.29, 0.717) is 6.54 Å². The van der Waals surface area contributed by atoms with Gasteiger partial charge in [0.05, 0.1) is 21.7 Å². The van der Waals surface area contributed by atoms with E-state index in [-0.39, 0.29) is 16.6 Å². The van der Waals surface area contributed by atoms with Gasteiger partial charge in [0, 0.05) is 24.8 Å². The predicted molar refractivity (Wildman–Crippen MR) is 78.8 cm³/mol. The lowest BCUT2D eigenvalue weighted by molar-refractivity contribution is -0.386. The lowest BCUT2D eigenvalue weighted by atomic mass is 10.1. The smallest absolute Gasteiger partial charge is 0.333 e. The van der Waals surface area contributed by atoms with Crippen LogP contribution in [0.4, 0.5) is 5.69 Å². The number of aliphatic hydroxyl groups excluding tert-OH is 1. The zero-order valence-corrected chi connectivity index (χ0v) is 13.2. The van der Waals surface area contributed by atoms with Crippen LogP contribution in [0.25, 0.3) is 0 Å². The van der Waals surface area contributed by atoms with Crippen LogP contribution in [-0.4, -0.2) is 32.8 Å². The Bertz CT molecular complexity index is 551. The maximum Gasteiger partial charge on any atom is 0.333 e. The van der Waals surface area contributed by atoms with E-state index in [1.54, 1.807) is 0 Å². The summed E-state index contributed by atoms with van der Waals surface area (Å²) < 4.78 is 1.53. The van der Waals surface area contributed by atoms with Crippen LogP contribution in [0.2, 0.25) is 0 Å². The van der Waals surface area contributed by atoms with Gasteiger partial charge in [0.1, 0.15) is 0 Å². The number of hydrogen-bond acceptors (Lipinski definition) is 5. The molecule has 0 amide bonds. The van der Waals surface area contributed by atoms with Gasteiger partial charge in [-0.05, 0) is 36.7 Å². The quantitative estimate of drug-likeness (QED) is 0.617. The lowest BCUT2D eigenvalue weighted by Crippen LogP contribution is -2.42. The van der Waals surface area contributed by atoms with Crippen molar-refractivity contribution in [1.82, 2.24) is 9.88 Å². The van der Waals surface area contributed by atoms with Crippen molar-refractivity contribution in [2.75, 3.05) is 6.54 Å². The number of halogens is 1. The van der Waals surface area contributed by atoms with E-state index in [1.165, 1.54) is 10.8 Å². The van der Waals surface area contributed by atoms with Crippen LogP contribution in [0.15, 0.2) is 21.7 Å². The molecule has 1 atom stereocenters. The third-order valence-corrected chi connectivity index (χ3v) is 3.07. The van der Waals surface area contributed by atoms with Crippen molar-refractivity contribution in [3.8, 4) is 0 Å². The van der Waals surface area contributed by atoms with Gasteiger partial charge in [-0.25, -0.2) is 0 Å². The molecule has 7 nitrogen and oxygen atoms in total. The van der Waals surface area contributed by atoms with Gasteiger partial charge in [-0.1, -0.05) is 0 Å². The minimum atomic E-state index is -0.733. The van der Waals surface area contributed by atoms with E-state index in [0.717, 1.165) is 6.20 Å². The predicted octanol–water partition coefficient (Wildman–Crippen LogP) is 1.27. The van der Waals surface area contributed by atoms with Gasteiger partial charge in [0.15, 0.2) is 0 Å². The molecule has 0 radical (unpaired) electrons. The lowest BCUT2D eigenvalue weighted by Gasteiger charge is -2.23. The van der Waals surface area contributed by atoms with E-state index in [4.69, 9.17) is 0 Å². The molecule has 0 saturated carbocycles. The van der Waals surface area contributed by atoms with E-state index in [9.17, 15) is 20.0 Å². The van der Waals surface area contributed by atoms with Gasteiger partial charge in [0.25, 0.3) is 5.43 Å². The van der Waals surface area contributed by atoms with Crippen molar-refractivity contribution in [2.45, 2.75) is 39.0 Å². The first kappa shape index (κ1) is 16.8. The number of aliphatic hydroxyl groups is 1. The van der Waals surface area contributed by atoms with Gasteiger partial charge >= 0.3 is 5.69 Å². The highest BCUT2D eigenvalue weighted by Gasteiger charge is 2.17. The fourth-order valence-electron chi connectivity index (χ4n) is 1.55. The number of rotatable bonds is 5. The van der Waals surface area contributed by atoms with E-state index in [1.807, 2.05) is 20.8 Å². The van der Waals surface area contributed by atoms with Gasteiger partial charge in [-0.3, -0.25) is 14.9 Å². The Hall–Kier alpha value is -1.25. The zero-order valence-electron chi connectivity index (χ0n) is 11.6. The monoisotopic (exact) mass is 347 g/mol. The second-order valence-electron chi connectivity index (χ2n) is 5.56. The van der Waals surface area contributed by atoms with Crippen molar-refractivity contribution in [1.29, 1.82) is 0 Å². The second kappa shape index (κ2) is 6.47. The Balaban J connectivity index is 2.83. The molecule has 0 bridgehead atoms. The highest BCUT2D eigenvalue weighted by molar-refractivity contribution is 9.10. The Morgan fingerprint density at radius 2 is 2.10 bits per heavy atom. The van der Waals surface area contributed by atoms with Crippen molar-refractivity contribution >= 4 is 21.6 Å². The summed E-state index contributed by atoms with van der Waals surface area (Å²) in [5.74, 6) is 0. The average Bonchev–Trinajstić information content (AvgIpc) is 2.29. The summed E-state index contributed by atoms with van der Waals surface area (Å²) >= 11 is 2.99. The average molecular weight is 348 g/mol. The molecule has 0 fully saturated rings. The Kier molecular flexibility index (Phi) is 5.43. The molecule has 1 aromatic rings. The largest absolute Gasteiger partial charge is 0.390 e. The SMILES string of the molecule is CC(C)(C)NCC(O)Cn1cc(Br)c(=O)c([N+](=O)[O-])c1. The molecular weight excluding hydrogens is 330 g/mol. The summed E-state index contributed by atoms with van der Waals surface area (Å²) in [6, 6.07) is 0. The summed E-state index contributed by atoms with van der Waals surface area (Å²) in [4.78, 5) is 21.6. The molecule has 0 aliphatic rings. The Labute approximate surface area is 124 Å². The molecule has 0 saturated heterocycles. The van der Waals surface area contributed by atoms with Crippen molar-refractivity contribution < 1.29 is 10.0 Å². The fraction of sp³-hybridized carbons (Fsp3) is 0.583. The third-order valence-electron chi connectivity index (χ3n) is 2.50. The number of hydrogen-bond donors (Lipinski definition) is 2. The topological polar surface area (TPSA) is 97.4 Å². The number of aromatic nitrogens is 1. The molecule has 1 aromatic heterocycles. The summed E-state index contributed by atoms with van der Waals surface area (Å²) in [6.07, 6.45) is 1.84. The highest BCUT2D eigenvalue weighted by Crippen LogP contribution is 2.11. The first-order valence-corrected chi connectivity index (χ1v) is 6.86. The summed E-state index contributed by atoms with van der Waals surface area (Å²) in [5.41, 5.74) is -1.32. The first-order chi connectivity index (χ1) is 9.10. The number of β-amino-alcohol motifs (C(OH)–C–C–N with tert-alkyl or cyclic N) is 1. The van der Waals surface area contributed by atoms with Crippen molar-refractivity contribution in [3.05, 3.63) is 37.2 Å². The minimum absolute atomic E-state index is 0.0997. The summed E-state index contributed by atoms with van der Waals surface area (Å²) in [5, 5.41) is 23.8. The standard InChI is InChI=1S/C12H18BrN3O4/c1-12(2,3)14-4-8(17)5-15-6-9(13)11(18)10(7-15)16(19)20/h6-8,14,17H,4-5H2,1-3H3. The van der Waals surface area contributed by atoms with Crippen molar-refractivity contribution in [3.63, 3.8) is 0 Å². The van der Waals surface area contributed by atoms with E-state index < -0.39 is 22.1 Å². The molecule has 0 aliphatic carbocycles. The van der Waals surface area contributed by atoms with Gasteiger partial charge in [0.2, 0.25) is 0 Å². The fourth-order valence-corrected chi connectivity index (χ4v) is 2.01. The molecule has 1 rings (SSSR count). The zero-order chi connectivity index (χ0) is 15.5. The van der Waals surface area contributed by atoms with E-state index in [2.05, 4.69) is 21.2 Å². The third kappa shape index (κ3) is 5.03. The molecular formula is C12H18BrN3O4. The van der Waals surface area contributed by atoms with Crippen LogP contribution in [0.1, 0.15) is 20.8 Å². The molecule has 20 heavy (non-hydrogen) atoms. The van der Waals surface area contributed by atoms with Crippen LogP contribution >= 0.6 is 15.9 Å². The van der Waals surface area contributed by atoms with Crippen LogP contribution in [0.5, 0.6) is 0 Å². The number of nitrogens with zero attached hydrogens (tertiary/aromatic N) is 2. The molecule has 1 heterocycles. The Morgan fingerprint density at radius 1 is 1.50 bits per heavy atom. The first-order valence-electron chi connectivity index (χ1n) is 6.07. The van der Waals surface area contributed by atoms with E-state index >= 15 is 0 Å². The number of nitro groups is 1. The van der Waals surface area contributed by atoms with Crippen LogP contribution in [-0.2, 0) is 6.54 Å². The van der Waals surface area contributed by atoms with Crippen LogP contribution in [0, 0.1) is 10.1 Å². The van der Waals surface area contributed by atoms with Gasteiger partial charge < -0.3 is 15.0 Å². The molecule has 112 valence electrons. The maximum atomic E-state index is 11.5. The van der Waals surface area contributed by atoms with Gasteiger partial charge in [-0.15, -0.1) is 0 Å². The maximum absolute atomic E-state index is 11.5. The molecule has 2 N–H and O–H groups in total. The second-order valence-corrected chi connectivity index (χ2v) is 6.41. The van der Waals surface area contributed by atoms with Gasteiger partial charge in [-0.2, -0.15) is 0 Å². The molecule has 1 unspecified atom stereocenters. The van der Waals surface area contributed by atoms with Crippen molar-refractivity contribution in [2.24, 2.45) is 0 Å². The summed E-state index contributed by atoms with van der Waals surface area (Å²) in [6.45, 7) is 6.42. The summed E-state index contributed by atoms with van der Waals surface area (Å²) in [7, 11) is 0. The number of pyridine rings is 1. The molecule has 0 aliphatic heterocycles. The number of nitrogens with one attached hydrogen (secondary N) is 1. The molecule has 0 aromatic carbocycles. The Morgan fingerprint density at radius 3 is 2.60 bits per heavy atom. The normalized spacial score (nSPS) is 13.2.